The molecule has 3 rings (SSSR count). The first-order valence-corrected chi connectivity index (χ1v) is 6.64. The van der Waals surface area contributed by atoms with Gasteiger partial charge in [-0.3, -0.25) is 4.98 Å². The molecule has 102 valence electrons. The Balaban J connectivity index is 1.82. The third kappa shape index (κ3) is 2.65. The largest absolute Gasteiger partial charge is 0.417 e. The molecule has 0 radical (unpaired) electrons. The molecule has 1 aromatic heterocycles. The Morgan fingerprint density at radius 1 is 1.00 bits per heavy atom. The van der Waals surface area contributed by atoms with Gasteiger partial charge in [0.1, 0.15) is 0 Å². The smallest absolute Gasteiger partial charge is 0.408 e. The fourth-order valence-corrected chi connectivity index (χ4v) is 2.34. The molecule has 0 atom stereocenters. The molecular formula is C16H16N2O2. The van der Waals surface area contributed by atoms with Gasteiger partial charge in [0.25, 0.3) is 0 Å². The number of benzene rings is 2. The lowest BCUT2D eigenvalue weighted by atomic mass is 10.0. The highest BCUT2D eigenvalue weighted by molar-refractivity contribution is 5.72. The number of nitrogens with two attached hydrogens (primary N) is 1. The second kappa shape index (κ2) is 5.35. The van der Waals surface area contributed by atoms with Gasteiger partial charge in [-0.05, 0) is 48.2 Å². The summed E-state index contributed by atoms with van der Waals surface area (Å²) in [6.07, 6.45) is 1.73. The summed E-state index contributed by atoms with van der Waals surface area (Å²) in [6, 6.07) is 14.2. The number of fused-ring (bicyclic) bond motifs is 1. The minimum Gasteiger partial charge on any atom is -0.408 e. The zero-order chi connectivity index (χ0) is 13.9. The van der Waals surface area contributed by atoms with Crippen molar-refractivity contribution < 1.29 is 4.42 Å². The Kier molecular flexibility index (Phi) is 3.39. The van der Waals surface area contributed by atoms with E-state index in [0.29, 0.717) is 12.1 Å². The molecular weight excluding hydrogens is 252 g/mol. The van der Waals surface area contributed by atoms with Crippen molar-refractivity contribution in [2.75, 3.05) is 6.54 Å². The summed E-state index contributed by atoms with van der Waals surface area (Å²) in [5.74, 6) is -0.414. The van der Waals surface area contributed by atoms with E-state index >= 15 is 0 Å². The lowest BCUT2D eigenvalue weighted by Gasteiger charge is -2.04. The first-order chi connectivity index (χ1) is 9.74. The predicted octanol–water partition coefficient (Wildman–Crippen LogP) is 2.21. The van der Waals surface area contributed by atoms with Crippen LogP contribution in [0.5, 0.6) is 0 Å². The third-order valence-corrected chi connectivity index (χ3v) is 3.35. The topological polar surface area (TPSA) is 72.0 Å². The quantitative estimate of drug-likeness (QED) is 0.762. The zero-order valence-corrected chi connectivity index (χ0v) is 11.1. The molecule has 0 fully saturated rings. The third-order valence-electron chi connectivity index (χ3n) is 3.35. The van der Waals surface area contributed by atoms with Crippen LogP contribution in [0, 0.1) is 0 Å². The van der Waals surface area contributed by atoms with Crippen LogP contribution < -0.4 is 11.5 Å². The minimum atomic E-state index is -0.414. The van der Waals surface area contributed by atoms with Crippen molar-refractivity contribution in [1.29, 1.82) is 0 Å². The van der Waals surface area contributed by atoms with E-state index in [1.54, 1.807) is 0 Å². The number of rotatable bonds is 4. The van der Waals surface area contributed by atoms with Crippen LogP contribution in [0.2, 0.25) is 0 Å². The van der Waals surface area contributed by atoms with E-state index in [2.05, 4.69) is 29.2 Å². The molecule has 0 aliphatic carbocycles. The predicted molar refractivity (Wildman–Crippen MR) is 78.8 cm³/mol. The Morgan fingerprint density at radius 2 is 1.70 bits per heavy atom. The summed E-state index contributed by atoms with van der Waals surface area (Å²) in [5.41, 5.74) is 10.5. The first-order valence-electron chi connectivity index (χ1n) is 6.64. The van der Waals surface area contributed by atoms with Crippen molar-refractivity contribution in [3.05, 3.63) is 69.7 Å². The van der Waals surface area contributed by atoms with E-state index < -0.39 is 5.76 Å². The SMILES string of the molecule is NCCc1ccc(Cc2ccc3oc(=O)[nH]c3c2)cc1. The van der Waals surface area contributed by atoms with Crippen molar-refractivity contribution >= 4 is 11.1 Å². The Bertz CT molecular complexity index is 769. The first kappa shape index (κ1) is 12.7. The minimum absolute atomic E-state index is 0.414. The van der Waals surface area contributed by atoms with Crippen molar-refractivity contribution in [2.24, 2.45) is 5.73 Å². The summed E-state index contributed by atoms with van der Waals surface area (Å²) in [5, 5.41) is 0. The molecule has 0 aliphatic heterocycles. The van der Waals surface area contributed by atoms with Crippen LogP contribution in [0.1, 0.15) is 16.7 Å². The second-order valence-corrected chi connectivity index (χ2v) is 4.88. The molecule has 0 spiro atoms. The number of aromatic amines is 1. The van der Waals surface area contributed by atoms with Gasteiger partial charge in [-0.2, -0.15) is 0 Å². The van der Waals surface area contributed by atoms with Crippen LogP contribution in [-0.4, -0.2) is 11.5 Å². The number of nitrogens with one attached hydrogen (secondary N) is 1. The average molecular weight is 268 g/mol. The standard InChI is InChI=1S/C16H16N2O2/c17-8-7-11-1-3-12(4-2-11)9-13-5-6-15-14(10-13)18-16(19)20-15/h1-6,10H,7-9,17H2,(H,18,19). The van der Waals surface area contributed by atoms with Gasteiger partial charge in [-0.15, -0.1) is 0 Å². The summed E-state index contributed by atoms with van der Waals surface area (Å²) >= 11 is 0. The highest BCUT2D eigenvalue weighted by Gasteiger charge is 2.03. The van der Waals surface area contributed by atoms with Gasteiger partial charge in [-0.25, -0.2) is 4.79 Å². The normalized spacial score (nSPS) is 11.1. The maximum atomic E-state index is 11.1. The fraction of sp³-hybridized carbons (Fsp3) is 0.188. The van der Waals surface area contributed by atoms with Gasteiger partial charge in [0.2, 0.25) is 0 Å². The van der Waals surface area contributed by atoms with Crippen LogP contribution in [-0.2, 0) is 12.8 Å². The molecule has 0 saturated heterocycles. The van der Waals surface area contributed by atoms with Crippen LogP contribution >= 0.6 is 0 Å². The van der Waals surface area contributed by atoms with Gasteiger partial charge in [0, 0.05) is 0 Å². The summed E-state index contributed by atoms with van der Waals surface area (Å²) in [7, 11) is 0. The van der Waals surface area contributed by atoms with Gasteiger partial charge >= 0.3 is 5.76 Å². The number of aromatic nitrogens is 1. The zero-order valence-electron chi connectivity index (χ0n) is 11.1. The van der Waals surface area contributed by atoms with Crippen molar-refractivity contribution in [1.82, 2.24) is 4.98 Å². The summed E-state index contributed by atoms with van der Waals surface area (Å²) in [4.78, 5) is 13.8. The molecule has 4 heteroatoms. The molecule has 20 heavy (non-hydrogen) atoms. The van der Waals surface area contributed by atoms with Gasteiger partial charge in [0.05, 0.1) is 5.52 Å². The highest BCUT2D eigenvalue weighted by atomic mass is 16.4. The van der Waals surface area contributed by atoms with E-state index in [9.17, 15) is 4.79 Å². The molecule has 1 heterocycles. The number of oxazole rings is 1. The van der Waals surface area contributed by atoms with Crippen LogP contribution in [0.25, 0.3) is 11.1 Å². The second-order valence-electron chi connectivity index (χ2n) is 4.88. The van der Waals surface area contributed by atoms with Crippen molar-refractivity contribution in [3.8, 4) is 0 Å². The number of H-pyrrole nitrogens is 1. The van der Waals surface area contributed by atoms with E-state index in [1.165, 1.54) is 11.1 Å². The molecule has 0 bridgehead atoms. The van der Waals surface area contributed by atoms with E-state index in [-0.39, 0.29) is 0 Å². The van der Waals surface area contributed by atoms with Crippen LogP contribution in [0.3, 0.4) is 0 Å². The maximum Gasteiger partial charge on any atom is 0.417 e. The van der Waals surface area contributed by atoms with Crippen molar-refractivity contribution in [3.63, 3.8) is 0 Å². The number of hydrogen-bond acceptors (Lipinski definition) is 3. The van der Waals surface area contributed by atoms with Gasteiger partial charge in [-0.1, -0.05) is 30.3 Å². The lowest BCUT2D eigenvalue weighted by molar-refractivity contribution is 0.555. The van der Waals surface area contributed by atoms with Crippen LogP contribution in [0.4, 0.5) is 0 Å². The summed E-state index contributed by atoms with van der Waals surface area (Å²) < 4.78 is 4.99. The molecule has 0 amide bonds. The molecule has 0 saturated carbocycles. The van der Waals surface area contributed by atoms with E-state index in [1.807, 2.05) is 18.2 Å². The van der Waals surface area contributed by atoms with Crippen molar-refractivity contribution in [2.45, 2.75) is 12.8 Å². The molecule has 3 aromatic rings. The average Bonchev–Trinajstić information content (AvgIpc) is 2.81. The van der Waals surface area contributed by atoms with Gasteiger partial charge < -0.3 is 10.2 Å². The van der Waals surface area contributed by atoms with E-state index in [4.69, 9.17) is 10.2 Å². The molecule has 0 aliphatic rings. The fourth-order valence-electron chi connectivity index (χ4n) is 2.34. The Labute approximate surface area is 116 Å². The van der Waals surface area contributed by atoms with E-state index in [0.717, 1.165) is 23.9 Å². The molecule has 0 unspecified atom stereocenters. The summed E-state index contributed by atoms with van der Waals surface area (Å²) in [6.45, 7) is 0.671. The molecule has 4 nitrogen and oxygen atoms in total. The monoisotopic (exact) mass is 268 g/mol. The van der Waals surface area contributed by atoms with Crippen LogP contribution in [0.15, 0.2) is 51.7 Å². The molecule has 3 N–H and O–H groups in total. The lowest BCUT2D eigenvalue weighted by Crippen LogP contribution is -2.02. The number of hydrogen-bond donors (Lipinski definition) is 2. The maximum absolute atomic E-state index is 11.1. The Hall–Kier alpha value is -2.33. The highest BCUT2D eigenvalue weighted by Crippen LogP contribution is 2.16. The molecule has 2 aromatic carbocycles. The van der Waals surface area contributed by atoms with Gasteiger partial charge in [0.15, 0.2) is 5.58 Å². The Morgan fingerprint density at radius 3 is 2.45 bits per heavy atom.